The van der Waals surface area contributed by atoms with Crippen LogP contribution in [0.25, 0.3) is 0 Å². The van der Waals surface area contributed by atoms with E-state index >= 15 is 0 Å². The number of amides is 2. The van der Waals surface area contributed by atoms with Crippen molar-refractivity contribution in [1.29, 1.82) is 0 Å². The van der Waals surface area contributed by atoms with Gasteiger partial charge in [-0.25, -0.2) is 4.79 Å². The Morgan fingerprint density at radius 2 is 1.57 bits per heavy atom. The van der Waals surface area contributed by atoms with E-state index in [9.17, 15) is 9.59 Å². The SMILES string of the molecule is O=C(NC1CCC(C(=O)O)CC1)NC1CCN(C2CC2)C1. The van der Waals surface area contributed by atoms with Crippen LogP contribution in [0.15, 0.2) is 0 Å². The van der Waals surface area contributed by atoms with Gasteiger partial charge >= 0.3 is 12.0 Å². The molecule has 118 valence electrons. The molecule has 6 nitrogen and oxygen atoms in total. The third kappa shape index (κ3) is 3.87. The zero-order chi connectivity index (χ0) is 14.8. The summed E-state index contributed by atoms with van der Waals surface area (Å²) in [7, 11) is 0. The van der Waals surface area contributed by atoms with E-state index in [-0.39, 0.29) is 24.0 Å². The average Bonchev–Trinajstić information content (AvgIpc) is 3.20. The molecule has 1 atom stereocenters. The van der Waals surface area contributed by atoms with E-state index in [0.29, 0.717) is 12.8 Å². The molecule has 6 heteroatoms. The summed E-state index contributed by atoms with van der Waals surface area (Å²) in [5.41, 5.74) is 0. The van der Waals surface area contributed by atoms with Crippen molar-refractivity contribution in [2.24, 2.45) is 5.92 Å². The van der Waals surface area contributed by atoms with Crippen molar-refractivity contribution in [1.82, 2.24) is 15.5 Å². The van der Waals surface area contributed by atoms with Crippen molar-refractivity contribution in [3.8, 4) is 0 Å². The van der Waals surface area contributed by atoms with E-state index in [1.807, 2.05) is 0 Å². The van der Waals surface area contributed by atoms with Gasteiger partial charge in [0.25, 0.3) is 0 Å². The van der Waals surface area contributed by atoms with Gasteiger partial charge < -0.3 is 15.7 Å². The topological polar surface area (TPSA) is 81.7 Å². The zero-order valence-electron chi connectivity index (χ0n) is 12.4. The first-order valence-electron chi connectivity index (χ1n) is 8.15. The van der Waals surface area contributed by atoms with Crippen LogP contribution in [-0.4, -0.2) is 53.2 Å². The van der Waals surface area contributed by atoms with Gasteiger partial charge in [-0.05, 0) is 44.9 Å². The number of urea groups is 1. The van der Waals surface area contributed by atoms with E-state index < -0.39 is 5.97 Å². The Kier molecular flexibility index (Phi) is 4.33. The van der Waals surface area contributed by atoms with Crippen LogP contribution >= 0.6 is 0 Å². The molecule has 2 amide bonds. The third-order valence-electron chi connectivity index (χ3n) is 5.03. The van der Waals surface area contributed by atoms with Crippen LogP contribution < -0.4 is 10.6 Å². The normalized spacial score (nSPS) is 33.6. The van der Waals surface area contributed by atoms with Crippen LogP contribution in [0.2, 0.25) is 0 Å². The molecular formula is C15H25N3O3. The van der Waals surface area contributed by atoms with Crippen LogP contribution in [0, 0.1) is 5.92 Å². The molecule has 3 rings (SSSR count). The summed E-state index contributed by atoms with van der Waals surface area (Å²) >= 11 is 0. The van der Waals surface area contributed by atoms with Crippen molar-refractivity contribution in [3.63, 3.8) is 0 Å². The van der Waals surface area contributed by atoms with Gasteiger partial charge in [0.15, 0.2) is 0 Å². The summed E-state index contributed by atoms with van der Waals surface area (Å²) in [6.45, 7) is 2.07. The van der Waals surface area contributed by atoms with Gasteiger partial charge in [0, 0.05) is 31.2 Å². The highest BCUT2D eigenvalue weighted by molar-refractivity contribution is 5.75. The van der Waals surface area contributed by atoms with Crippen molar-refractivity contribution in [2.45, 2.75) is 63.1 Å². The number of carbonyl (C=O) groups excluding carboxylic acids is 1. The quantitative estimate of drug-likeness (QED) is 0.727. The number of likely N-dealkylation sites (tertiary alicyclic amines) is 1. The van der Waals surface area contributed by atoms with Gasteiger partial charge in [0.2, 0.25) is 0 Å². The molecule has 1 heterocycles. The molecule has 2 saturated carbocycles. The van der Waals surface area contributed by atoms with E-state index in [1.54, 1.807) is 0 Å². The van der Waals surface area contributed by atoms with Gasteiger partial charge in [-0.1, -0.05) is 0 Å². The fourth-order valence-electron chi connectivity index (χ4n) is 3.57. The van der Waals surface area contributed by atoms with Crippen LogP contribution in [0.1, 0.15) is 44.9 Å². The van der Waals surface area contributed by atoms with Crippen LogP contribution in [-0.2, 0) is 4.79 Å². The highest BCUT2D eigenvalue weighted by atomic mass is 16.4. The summed E-state index contributed by atoms with van der Waals surface area (Å²) in [4.78, 5) is 25.4. The molecule has 2 aliphatic carbocycles. The fourth-order valence-corrected chi connectivity index (χ4v) is 3.57. The smallest absolute Gasteiger partial charge is 0.315 e. The predicted molar refractivity (Wildman–Crippen MR) is 78.0 cm³/mol. The lowest BCUT2D eigenvalue weighted by Gasteiger charge is -2.27. The highest BCUT2D eigenvalue weighted by Crippen LogP contribution is 2.29. The fraction of sp³-hybridized carbons (Fsp3) is 0.867. The predicted octanol–water partition coefficient (Wildman–Crippen LogP) is 1.17. The number of hydrogen-bond acceptors (Lipinski definition) is 3. The first-order valence-corrected chi connectivity index (χ1v) is 8.15. The van der Waals surface area contributed by atoms with Gasteiger partial charge in [-0.2, -0.15) is 0 Å². The van der Waals surface area contributed by atoms with E-state index in [2.05, 4.69) is 15.5 Å². The van der Waals surface area contributed by atoms with Gasteiger partial charge in [-0.3, -0.25) is 9.69 Å². The summed E-state index contributed by atoms with van der Waals surface area (Å²) in [6.07, 6.45) is 6.53. The standard InChI is InChI=1S/C15H25N3O3/c19-14(20)10-1-3-11(4-2-10)16-15(21)17-12-7-8-18(9-12)13-5-6-13/h10-13H,1-9H2,(H,19,20)(H2,16,17,21). The summed E-state index contributed by atoms with van der Waals surface area (Å²) in [5, 5.41) is 15.0. The molecule has 0 bridgehead atoms. The first-order chi connectivity index (χ1) is 10.1. The molecule has 21 heavy (non-hydrogen) atoms. The Labute approximate surface area is 125 Å². The van der Waals surface area contributed by atoms with Crippen molar-refractivity contribution in [2.75, 3.05) is 13.1 Å². The zero-order valence-corrected chi connectivity index (χ0v) is 12.4. The molecule has 0 aromatic rings. The lowest BCUT2D eigenvalue weighted by molar-refractivity contribution is -0.142. The lowest BCUT2D eigenvalue weighted by Crippen LogP contribution is -2.48. The maximum absolute atomic E-state index is 12.0. The Balaban J connectivity index is 1.36. The number of carbonyl (C=O) groups is 2. The van der Waals surface area contributed by atoms with Crippen LogP contribution in [0.5, 0.6) is 0 Å². The number of carboxylic acid groups (broad SMARTS) is 1. The highest BCUT2D eigenvalue weighted by Gasteiger charge is 2.35. The average molecular weight is 295 g/mol. The molecule has 1 aliphatic heterocycles. The number of hydrogen-bond donors (Lipinski definition) is 3. The summed E-state index contributed by atoms with van der Waals surface area (Å²) < 4.78 is 0. The van der Waals surface area contributed by atoms with E-state index in [1.165, 1.54) is 12.8 Å². The summed E-state index contributed by atoms with van der Waals surface area (Å²) in [5.74, 6) is -0.933. The molecule has 0 aromatic carbocycles. The Bertz CT molecular complexity index is 403. The van der Waals surface area contributed by atoms with Gasteiger partial charge in [0.1, 0.15) is 0 Å². The van der Waals surface area contributed by atoms with Gasteiger partial charge in [0.05, 0.1) is 5.92 Å². The minimum Gasteiger partial charge on any atom is -0.481 e. The molecule has 3 fully saturated rings. The lowest BCUT2D eigenvalue weighted by atomic mass is 9.86. The molecular weight excluding hydrogens is 270 g/mol. The number of carboxylic acids is 1. The summed E-state index contributed by atoms with van der Waals surface area (Å²) in [6, 6.07) is 1.07. The molecule has 1 unspecified atom stereocenters. The van der Waals surface area contributed by atoms with E-state index in [4.69, 9.17) is 5.11 Å². The third-order valence-corrected chi connectivity index (χ3v) is 5.03. The second kappa shape index (κ2) is 6.22. The molecule has 3 N–H and O–H groups in total. The minimum atomic E-state index is -0.705. The van der Waals surface area contributed by atoms with Gasteiger partial charge in [-0.15, -0.1) is 0 Å². The number of aliphatic carboxylic acids is 1. The second-order valence-corrected chi connectivity index (χ2v) is 6.72. The molecule has 0 spiro atoms. The van der Waals surface area contributed by atoms with Crippen molar-refractivity contribution < 1.29 is 14.7 Å². The van der Waals surface area contributed by atoms with Crippen LogP contribution in [0.4, 0.5) is 4.79 Å². The number of nitrogens with one attached hydrogen (secondary N) is 2. The Morgan fingerprint density at radius 3 is 2.19 bits per heavy atom. The molecule has 0 aromatic heterocycles. The minimum absolute atomic E-state index is 0.0866. The Morgan fingerprint density at radius 1 is 0.905 bits per heavy atom. The maximum atomic E-state index is 12.0. The number of nitrogens with zero attached hydrogens (tertiary/aromatic N) is 1. The van der Waals surface area contributed by atoms with Crippen molar-refractivity contribution >= 4 is 12.0 Å². The monoisotopic (exact) mass is 295 g/mol. The second-order valence-electron chi connectivity index (χ2n) is 6.72. The Hall–Kier alpha value is -1.30. The van der Waals surface area contributed by atoms with Crippen LogP contribution in [0.3, 0.4) is 0 Å². The van der Waals surface area contributed by atoms with Crippen molar-refractivity contribution in [3.05, 3.63) is 0 Å². The first kappa shape index (κ1) is 14.6. The largest absolute Gasteiger partial charge is 0.481 e. The molecule has 3 aliphatic rings. The molecule has 0 radical (unpaired) electrons. The maximum Gasteiger partial charge on any atom is 0.315 e. The van der Waals surface area contributed by atoms with E-state index in [0.717, 1.165) is 38.4 Å². The molecule has 1 saturated heterocycles. The number of rotatable bonds is 4.